The third-order valence-corrected chi connectivity index (χ3v) is 2.55. The number of carbonyl (C=O) groups excluding carboxylic acids is 1. The first-order valence-electron chi connectivity index (χ1n) is 5.54. The van der Waals surface area contributed by atoms with Crippen molar-refractivity contribution in [3.8, 4) is 11.5 Å². The number of methoxy groups -OCH3 is 1. The topological polar surface area (TPSA) is 58.6 Å². The van der Waals surface area contributed by atoms with Gasteiger partial charge >= 0.3 is 0 Å². The van der Waals surface area contributed by atoms with Crippen LogP contribution in [0.3, 0.4) is 0 Å². The molecule has 2 aromatic carbocycles. The molecule has 2 N–H and O–H groups in total. The van der Waals surface area contributed by atoms with Crippen molar-refractivity contribution < 1.29 is 19.0 Å². The van der Waals surface area contributed by atoms with Crippen LogP contribution in [0.2, 0.25) is 0 Å². The third-order valence-electron chi connectivity index (χ3n) is 2.55. The predicted molar refractivity (Wildman–Crippen MR) is 69.0 cm³/mol. The van der Waals surface area contributed by atoms with Crippen LogP contribution in [0.1, 0.15) is 10.4 Å². The van der Waals surface area contributed by atoms with Crippen molar-refractivity contribution in [1.29, 1.82) is 0 Å². The predicted octanol–water partition coefficient (Wildman–Crippen LogP) is 2.79. The monoisotopic (exact) mass is 261 g/mol. The molecule has 0 saturated carbocycles. The second kappa shape index (κ2) is 5.39. The summed E-state index contributed by atoms with van der Waals surface area (Å²) in [5.74, 6) is -0.916. The van der Waals surface area contributed by atoms with Gasteiger partial charge in [-0.15, -0.1) is 0 Å². The van der Waals surface area contributed by atoms with Crippen molar-refractivity contribution >= 4 is 11.6 Å². The van der Waals surface area contributed by atoms with Crippen molar-refractivity contribution in [2.24, 2.45) is 0 Å². The van der Waals surface area contributed by atoms with Gasteiger partial charge in [0.15, 0.2) is 0 Å². The number of phenols is 1. The van der Waals surface area contributed by atoms with E-state index in [-0.39, 0.29) is 11.3 Å². The first-order valence-corrected chi connectivity index (χ1v) is 5.54. The molecule has 0 unspecified atom stereocenters. The molecule has 0 heterocycles. The maximum absolute atomic E-state index is 13.5. The molecular weight excluding hydrogens is 249 g/mol. The van der Waals surface area contributed by atoms with Gasteiger partial charge in [0.05, 0.1) is 12.7 Å². The Kier molecular flexibility index (Phi) is 3.66. The van der Waals surface area contributed by atoms with Crippen LogP contribution in [-0.4, -0.2) is 18.1 Å². The summed E-state index contributed by atoms with van der Waals surface area (Å²) in [6.45, 7) is 0. The Morgan fingerprint density at radius 2 is 1.89 bits per heavy atom. The van der Waals surface area contributed by atoms with Crippen molar-refractivity contribution in [3.05, 3.63) is 53.8 Å². The molecule has 0 fully saturated rings. The molecule has 4 nitrogen and oxygen atoms in total. The van der Waals surface area contributed by atoms with Gasteiger partial charge in [-0.05, 0) is 36.4 Å². The average Bonchev–Trinajstić information content (AvgIpc) is 2.39. The van der Waals surface area contributed by atoms with Gasteiger partial charge in [-0.2, -0.15) is 0 Å². The highest BCUT2D eigenvalue weighted by molar-refractivity contribution is 6.04. The maximum Gasteiger partial charge on any atom is 0.258 e. The average molecular weight is 261 g/mol. The van der Waals surface area contributed by atoms with Gasteiger partial charge in [-0.3, -0.25) is 4.79 Å². The van der Waals surface area contributed by atoms with Crippen LogP contribution in [0.4, 0.5) is 10.1 Å². The van der Waals surface area contributed by atoms with Crippen LogP contribution in [-0.2, 0) is 0 Å². The van der Waals surface area contributed by atoms with E-state index in [0.29, 0.717) is 11.4 Å². The number of nitrogens with one attached hydrogen (secondary N) is 1. The Balaban J connectivity index is 2.15. The lowest BCUT2D eigenvalue weighted by molar-refractivity contribution is 0.102. The van der Waals surface area contributed by atoms with Crippen molar-refractivity contribution in [2.75, 3.05) is 12.4 Å². The Labute approximate surface area is 109 Å². The summed E-state index contributed by atoms with van der Waals surface area (Å²) in [6.07, 6.45) is 0. The number of benzene rings is 2. The number of rotatable bonds is 3. The van der Waals surface area contributed by atoms with Crippen molar-refractivity contribution in [1.82, 2.24) is 0 Å². The minimum atomic E-state index is -0.772. The summed E-state index contributed by atoms with van der Waals surface area (Å²) >= 11 is 0. The zero-order chi connectivity index (χ0) is 13.8. The second-order valence-corrected chi connectivity index (χ2v) is 3.85. The molecule has 0 bridgehead atoms. The second-order valence-electron chi connectivity index (χ2n) is 3.85. The summed E-state index contributed by atoms with van der Waals surface area (Å²) in [5, 5.41) is 11.6. The SMILES string of the molecule is COc1ccc(NC(=O)c2ccc(O)cc2F)cc1. The third kappa shape index (κ3) is 3.01. The maximum atomic E-state index is 13.5. The van der Waals surface area contributed by atoms with Gasteiger partial charge in [-0.1, -0.05) is 0 Å². The number of hydrogen-bond donors (Lipinski definition) is 2. The largest absolute Gasteiger partial charge is 0.508 e. The summed E-state index contributed by atoms with van der Waals surface area (Å²) < 4.78 is 18.5. The number of carbonyl (C=O) groups is 1. The van der Waals surface area contributed by atoms with Gasteiger partial charge in [0, 0.05) is 11.8 Å². The molecule has 0 aliphatic heterocycles. The Bertz CT molecular complexity index is 596. The van der Waals surface area contributed by atoms with Crippen LogP contribution < -0.4 is 10.1 Å². The highest BCUT2D eigenvalue weighted by Crippen LogP contribution is 2.18. The quantitative estimate of drug-likeness (QED) is 0.893. The van der Waals surface area contributed by atoms with E-state index in [9.17, 15) is 9.18 Å². The minimum absolute atomic E-state index is 0.131. The molecule has 0 spiro atoms. The normalized spacial score (nSPS) is 10.0. The molecule has 98 valence electrons. The van der Waals surface area contributed by atoms with E-state index < -0.39 is 11.7 Å². The van der Waals surface area contributed by atoms with E-state index in [1.807, 2.05) is 0 Å². The molecule has 0 saturated heterocycles. The molecule has 2 aromatic rings. The summed E-state index contributed by atoms with van der Waals surface area (Å²) in [4.78, 5) is 11.8. The van der Waals surface area contributed by atoms with Crippen LogP contribution in [0, 0.1) is 5.82 Å². The van der Waals surface area contributed by atoms with Crippen LogP contribution >= 0.6 is 0 Å². The molecule has 0 aliphatic carbocycles. The highest BCUT2D eigenvalue weighted by atomic mass is 19.1. The van der Waals surface area contributed by atoms with Crippen LogP contribution in [0.25, 0.3) is 0 Å². The fourth-order valence-corrected chi connectivity index (χ4v) is 1.56. The minimum Gasteiger partial charge on any atom is -0.508 e. The number of ether oxygens (including phenoxy) is 1. The first-order chi connectivity index (χ1) is 9.10. The summed E-state index contributed by atoms with van der Waals surface area (Å²) in [6, 6.07) is 10.0. The molecule has 0 atom stereocenters. The summed E-state index contributed by atoms with van der Waals surface area (Å²) in [5.41, 5.74) is 0.395. The molecule has 0 radical (unpaired) electrons. The van der Waals surface area contributed by atoms with Gasteiger partial charge < -0.3 is 15.2 Å². The van der Waals surface area contributed by atoms with Crippen LogP contribution in [0.15, 0.2) is 42.5 Å². The van der Waals surface area contributed by atoms with Crippen molar-refractivity contribution in [3.63, 3.8) is 0 Å². The fourth-order valence-electron chi connectivity index (χ4n) is 1.56. The fraction of sp³-hybridized carbons (Fsp3) is 0.0714. The zero-order valence-electron chi connectivity index (χ0n) is 10.2. The molecule has 1 amide bonds. The molecular formula is C14H12FNO3. The molecule has 2 rings (SSSR count). The smallest absolute Gasteiger partial charge is 0.258 e. The zero-order valence-corrected chi connectivity index (χ0v) is 10.2. The van der Waals surface area contributed by atoms with E-state index in [1.54, 1.807) is 31.4 Å². The first kappa shape index (κ1) is 12.9. The number of aromatic hydroxyl groups is 1. The van der Waals surface area contributed by atoms with Gasteiger partial charge in [-0.25, -0.2) is 4.39 Å². The lowest BCUT2D eigenvalue weighted by atomic mass is 10.2. The van der Waals surface area contributed by atoms with E-state index in [0.717, 1.165) is 6.07 Å². The van der Waals surface area contributed by atoms with E-state index in [4.69, 9.17) is 9.84 Å². The molecule has 5 heteroatoms. The van der Waals surface area contributed by atoms with Gasteiger partial charge in [0.25, 0.3) is 5.91 Å². The molecule has 19 heavy (non-hydrogen) atoms. The van der Waals surface area contributed by atoms with Gasteiger partial charge in [0.2, 0.25) is 0 Å². The van der Waals surface area contributed by atoms with E-state index in [1.165, 1.54) is 12.1 Å². The number of halogens is 1. The number of phenolic OH excluding ortho intramolecular Hbond substituents is 1. The summed E-state index contributed by atoms with van der Waals surface area (Å²) in [7, 11) is 1.54. The van der Waals surface area contributed by atoms with E-state index in [2.05, 4.69) is 5.32 Å². The van der Waals surface area contributed by atoms with E-state index >= 15 is 0 Å². The molecule has 0 aliphatic rings. The van der Waals surface area contributed by atoms with Gasteiger partial charge in [0.1, 0.15) is 17.3 Å². The highest BCUT2D eigenvalue weighted by Gasteiger charge is 2.12. The van der Waals surface area contributed by atoms with Crippen molar-refractivity contribution in [2.45, 2.75) is 0 Å². The standard InChI is InChI=1S/C14H12FNO3/c1-19-11-5-2-9(3-6-11)16-14(18)12-7-4-10(17)8-13(12)15/h2-8,17H,1H3,(H,16,18). The number of amides is 1. The van der Waals surface area contributed by atoms with Crippen LogP contribution in [0.5, 0.6) is 11.5 Å². The Morgan fingerprint density at radius 3 is 2.47 bits per heavy atom. The Hall–Kier alpha value is -2.56. The Morgan fingerprint density at radius 1 is 1.21 bits per heavy atom. The molecule has 0 aromatic heterocycles. The number of hydrogen-bond acceptors (Lipinski definition) is 3. The lowest BCUT2D eigenvalue weighted by Crippen LogP contribution is -2.13. The number of anilines is 1. The lowest BCUT2D eigenvalue weighted by Gasteiger charge is -2.07.